The predicted octanol–water partition coefficient (Wildman–Crippen LogP) is 5.42. The molecule has 6 nitrogen and oxygen atoms in total. The molecule has 1 atom stereocenters. The van der Waals surface area contributed by atoms with Gasteiger partial charge in [-0.05, 0) is 37.8 Å². The first-order valence-corrected chi connectivity index (χ1v) is 11.7. The molecule has 0 aliphatic heterocycles. The van der Waals surface area contributed by atoms with E-state index in [0.29, 0.717) is 10.6 Å². The van der Waals surface area contributed by atoms with Crippen LogP contribution >= 0.6 is 22.7 Å². The van der Waals surface area contributed by atoms with E-state index in [0.717, 1.165) is 16.0 Å². The highest BCUT2D eigenvalue weighted by Crippen LogP contribution is 2.36. The van der Waals surface area contributed by atoms with Crippen LogP contribution in [0.4, 0.5) is 5.00 Å². The Hall–Kier alpha value is -3.23. The van der Waals surface area contributed by atoms with Crippen molar-refractivity contribution in [1.82, 2.24) is 5.32 Å². The van der Waals surface area contributed by atoms with Crippen molar-refractivity contribution in [1.29, 1.82) is 0 Å². The molecule has 0 fully saturated rings. The molecular weight excluding hydrogens is 444 g/mol. The van der Waals surface area contributed by atoms with E-state index in [9.17, 15) is 14.4 Å². The monoisotopic (exact) mass is 468 g/mol. The molecule has 0 saturated heterocycles. The Labute approximate surface area is 194 Å². The summed E-state index contributed by atoms with van der Waals surface area (Å²) in [5.74, 6) is -1.40. The zero-order valence-corrected chi connectivity index (χ0v) is 19.6. The van der Waals surface area contributed by atoms with E-state index >= 15 is 0 Å². The lowest BCUT2D eigenvalue weighted by Crippen LogP contribution is -2.30. The van der Waals surface area contributed by atoms with Gasteiger partial charge < -0.3 is 15.4 Å². The number of carbonyl (C=O) groups excluding carboxylic acids is 3. The lowest BCUT2D eigenvalue weighted by atomic mass is 10.0. The van der Waals surface area contributed by atoms with Crippen molar-refractivity contribution in [3.8, 4) is 11.1 Å². The molecule has 0 aliphatic rings. The van der Waals surface area contributed by atoms with E-state index in [-0.39, 0.29) is 17.5 Å². The van der Waals surface area contributed by atoms with Crippen LogP contribution in [0.1, 0.15) is 42.0 Å². The summed E-state index contributed by atoms with van der Waals surface area (Å²) in [6, 6.07) is 13.0. The minimum atomic E-state index is -0.670. The maximum absolute atomic E-state index is 13.0. The van der Waals surface area contributed by atoms with Crippen LogP contribution in [-0.4, -0.2) is 24.4 Å². The molecule has 0 bridgehead atoms. The van der Waals surface area contributed by atoms with Gasteiger partial charge in [0.05, 0.1) is 6.04 Å². The van der Waals surface area contributed by atoms with Gasteiger partial charge in [0.1, 0.15) is 10.6 Å². The highest BCUT2D eigenvalue weighted by atomic mass is 32.1. The van der Waals surface area contributed by atoms with E-state index in [4.69, 9.17) is 4.74 Å². The third-order valence-electron chi connectivity index (χ3n) is 4.42. The van der Waals surface area contributed by atoms with Crippen LogP contribution in [0.5, 0.6) is 0 Å². The Kier molecular flexibility index (Phi) is 7.97. The minimum Gasteiger partial charge on any atom is -0.452 e. The van der Waals surface area contributed by atoms with Gasteiger partial charge in [-0.25, -0.2) is 4.79 Å². The summed E-state index contributed by atoms with van der Waals surface area (Å²) in [6.45, 7) is 5.08. The fourth-order valence-electron chi connectivity index (χ4n) is 2.99. The number of benzene rings is 1. The molecule has 32 heavy (non-hydrogen) atoms. The van der Waals surface area contributed by atoms with Crippen LogP contribution in [0, 0.1) is 0 Å². The zero-order valence-electron chi connectivity index (χ0n) is 18.0. The standard InChI is InChI=1S/C24H24N2O4S2/c1-15(2)12-20(27)26-23-22(18(14-32-23)17-8-5-4-6-9-17)24(29)30-13-21(28)25-16(3)19-10-7-11-31-19/h4-12,14,16H,13H2,1-3H3,(H,25,28)(H,26,27). The Morgan fingerprint density at radius 2 is 1.81 bits per heavy atom. The third-order valence-corrected chi connectivity index (χ3v) is 6.37. The Balaban J connectivity index is 1.76. The first kappa shape index (κ1) is 23.4. The molecule has 0 aliphatic carbocycles. The zero-order chi connectivity index (χ0) is 23.1. The van der Waals surface area contributed by atoms with Crippen molar-refractivity contribution in [2.24, 2.45) is 0 Å². The van der Waals surface area contributed by atoms with E-state index in [1.165, 1.54) is 17.4 Å². The van der Waals surface area contributed by atoms with Gasteiger partial charge in [0.15, 0.2) is 6.61 Å². The number of esters is 1. The van der Waals surface area contributed by atoms with Crippen molar-refractivity contribution in [2.45, 2.75) is 26.8 Å². The molecule has 2 N–H and O–H groups in total. The topological polar surface area (TPSA) is 84.5 Å². The molecule has 2 amide bonds. The fraction of sp³-hybridized carbons (Fsp3) is 0.208. The molecule has 3 aromatic rings. The van der Waals surface area contributed by atoms with Gasteiger partial charge in [-0.3, -0.25) is 9.59 Å². The van der Waals surface area contributed by atoms with Crippen LogP contribution in [0.3, 0.4) is 0 Å². The first-order chi connectivity index (χ1) is 15.3. The minimum absolute atomic E-state index is 0.179. The molecule has 8 heteroatoms. The van der Waals surface area contributed by atoms with Crippen molar-refractivity contribution in [3.05, 3.63) is 75.3 Å². The number of nitrogens with one attached hydrogen (secondary N) is 2. The van der Waals surface area contributed by atoms with Gasteiger partial charge in [0.25, 0.3) is 5.91 Å². The quantitative estimate of drug-likeness (QED) is 0.342. The van der Waals surface area contributed by atoms with Crippen molar-refractivity contribution in [3.63, 3.8) is 0 Å². The second-order valence-corrected chi connectivity index (χ2v) is 9.17. The Morgan fingerprint density at radius 3 is 2.47 bits per heavy atom. The number of carbonyl (C=O) groups is 3. The molecule has 2 heterocycles. The van der Waals surface area contributed by atoms with E-state index < -0.39 is 18.5 Å². The number of rotatable bonds is 8. The van der Waals surface area contributed by atoms with Crippen LogP contribution < -0.4 is 10.6 Å². The van der Waals surface area contributed by atoms with Crippen LogP contribution in [0.15, 0.2) is 64.9 Å². The molecule has 3 rings (SSSR count). The number of hydrogen-bond acceptors (Lipinski definition) is 6. The largest absolute Gasteiger partial charge is 0.452 e. The molecular formula is C24H24N2O4S2. The maximum atomic E-state index is 13.0. The molecule has 166 valence electrons. The van der Waals surface area contributed by atoms with Crippen molar-refractivity contribution >= 4 is 45.5 Å². The summed E-state index contributed by atoms with van der Waals surface area (Å²) in [5, 5.41) is 9.68. The normalized spacial score (nSPS) is 11.3. The van der Waals surface area contributed by atoms with Gasteiger partial charge in [0.2, 0.25) is 5.91 Å². The van der Waals surface area contributed by atoms with Crippen LogP contribution in [0.25, 0.3) is 11.1 Å². The lowest BCUT2D eigenvalue weighted by molar-refractivity contribution is -0.124. The van der Waals surface area contributed by atoms with E-state index in [1.807, 2.05) is 68.6 Å². The average molecular weight is 469 g/mol. The smallest absolute Gasteiger partial charge is 0.342 e. The van der Waals surface area contributed by atoms with Gasteiger partial charge >= 0.3 is 5.97 Å². The predicted molar refractivity (Wildman–Crippen MR) is 129 cm³/mol. The lowest BCUT2D eigenvalue weighted by Gasteiger charge is -2.13. The first-order valence-electron chi connectivity index (χ1n) is 9.98. The molecule has 0 radical (unpaired) electrons. The Morgan fingerprint density at radius 1 is 1.06 bits per heavy atom. The van der Waals surface area contributed by atoms with Gasteiger partial charge in [0, 0.05) is 21.9 Å². The average Bonchev–Trinajstić information content (AvgIpc) is 3.42. The number of anilines is 1. The summed E-state index contributed by atoms with van der Waals surface area (Å²) in [7, 11) is 0. The molecule has 1 unspecified atom stereocenters. The second kappa shape index (κ2) is 10.9. The summed E-state index contributed by atoms with van der Waals surface area (Å²) in [5.41, 5.74) is 2.52. The van der Waals surface area contributed by atoms with Gasteiger partial charge in [-0.2, -0.15) is 0 Å². The van der Waals surface area contributed by atoms with Gasteiger partial charge in [-0.15, -0.1) is 22.7 Å². The maximum Gasteiger partial charge on any atom is 0.342 e. The SMILES string of the molecule is CC(C)=CC(=O)Nc1scc(-c2ccccc2)c1C(=O)OCC(=O)NC(C)c1cccs1. The molecule has 0 saturated carbocycles. The number of ether oxygens (including phenoxy) is 1. The third kappa shape index (κ3) is 6.15. The van der Waals surface area contributed by atoms with Crippen LogP contribution in [0.2, 0.25) is 0 Å². The Bertz CT molecular complexity index is 1110. The van der Waals surface area contributed by atoms with Crippen molar-refractivity contribution < 1.29 is 19.1 Å². The highest BCUT2D eigenvalue weighted by molar-refractivity contribution is 7.15. The molecule has 0 spiro atoms. The number of allylic oxidation sites excluding steroid dienone is 1. The summed E-state index contributed by atoms with van der Waals surface area (Å²) in [6.07, 6.45) is 1.45. The van der Waals surface area contributed by atoms with Crippen LogP contribution in [-0.2, 0) is 14.3 Å². The molecule has 2 aromatic heterocycles. The summed E-state index contributed by atoms with van der Waals surface area (Å²) >= 11 is 2.78. The molecule has 1 aromatic carbocycles. The number of thiophene rings is 2. The highest BCUT2D eigenvalue weighted by Gasteiger charge is 2.23. The van der Waals surface area contributed by atoms with Gasteiger partial charge in [-0.1, -0.05) is 42.0 Å². The van der Waals surface area contributed by atoms with Crippen molar-refractivity contribution in [2.75, 3.05) is 11.9 Å². The second-order valence-electron chi connectivity index (χ2n) is 7.31. The van der Waals surface area contributed by atoms with E-state index in [1.54, 1.807) is 16.7 Å². The number of hydrogen-bond donors (Lipinski definition) is 2. The summed E-state index contributed by atoms with van der Waals surface area (Å²) in [4.78, 5) is 38.5. The van der Waals surface area contributed by atoms with E-state index in [2.05, 4.69) is 10.6 Å². The summed E-state index contributed by atoms with van der Waals surface area (Å²) < 4.78 is 5.32. The number of amides is 2. The fourth-order valence-corrected chi connectivity index (χ4v) is 4.68.